The molecule has 1 rings (SSSR count). The maximum absolute atomic E-state index is 3.30. The molecule has 11 heavy (non-hydrogen) atoms. The van der Waals surface area contributed by atoms with Crippen LogP contribution in [0.3, 0.4) is 0 Å². The fourth-order valence-electron chi connectivity index (χ4n) is 1.27. The minimum Gasteiger partial charge on any atom is -0.346 e. The summed E-state index contributed by atoms with van der Waals surface area (Å²) in [6.07, 6.45) is 7.22. The van der Waals surface area contributed by atoms with Crippen LogP contribution in [0, 0.1) is 18.8 Å². The first-order chi connectivity index (χ1) is 4.43. The molecule has 1 N–H and O–H groups in total. The molecule has 1 fully saturated rings. The normalized spacial score (nSPS) is 23.2. The molecule has 63 valence electrons. The van der Waals surface area contributed by atoms with Gasteiger partial charge in [0.05, 0.1) is 0 Å². The third-order valence-electron chi connectivity index (χ3n) is 1.83. The van der Waals surface area contributed by atoms with Crippen molar-refractivity contribution in [2.75, 3.05) is 13.1 Å². The zero-order valence-electron chi connectivity index (χ0n) is 7.05. The molecule has 0 aromatic heterocycles. The SMILES string of the molecule is C[CH-]CC1[CH-]CNCC1.[W].[Y]. The van der Waals surface area contributed by atoms with Crippen LogP contribution in [-0.2, 0) is 53.8 Å². The van der Waals surface area contributed by atoms with Crippen molar-refractivity contribution in [3.63, 3.8) is 0 Å². The molecule has 1 unspecified atom stereocenters. The van der Waals surface area contributed by atoms with Crippen LogP contribution in [0.2, 0.25) is 0 Å². The Morgan fingerprint density at radius 3 is 2.82 bits per heavy atom. The number of hydrogen-bond acceptors (Lipinski definition) is 1. The fourth-order valence-corrected chi connectivity index (χ4v) is 1.27. The van der Waals surface area contributed by atoms with E-state index in [1.165, 1.54) is 19.4 Å². The molecule has 1 aliphatic heterocycles. The maximum atomic E-state index is 3.30. The number of rotatable bonds is 2. The number of piperidine rings is 1. The molecule has 1 atom stereocenters. The van der Waals surface area contributed by atoms with Gasteiger partial charge in [-0.25, -0.2) is 6.42 Å². The van der Waals surface area contributed by atoms with Gasteiger partial charge in [0.15, 0.2) is 0 Å². The second-order valence-corrected chi connectivity index (χ2v) is 2.63. The van der Waals surface area contributed by atoms with Gasteiger partial charge in [-0.3, -0.25) is 0 Å². The van der Waals surface area contributed by atoms with E-state index < -0.39 is 0 Å². The van der Waals surface area contributed by atoms with E-state index >= 15 is 0 Å². The van der Waals surface area contributed by atoms with Gasteiger partial charge in [0.25, 0.3) is 0 Å². The molecule has 1 heterocycles. The first-order valence-electron chi connectivity index (χ1n) is 3.75. The largest absolute Gasteiger partial charge is 0.346 e. The van der Waals surface area contributed by atoms with Crippen molar-refractivity contribution in [3.05, 3.63) is 12.8 Å². The van der Waals surface area contributed by atoms with E-state index in [0.717, 1.165) is 12.5 Å². The number of nitrogens with one attached hydrogen (secondary N) is 1. The van der Waals surface area contributed by atoms with E-state index in [4.69, 9.17) is 0 Å². The van der Waals surface area contributed by atoms with Crippen LogP contribution in [0.4, 0.5) is 0 Å². The quantitative estimate of drug-likeness (QED) is 0.695. The Labute approximate surface area is 110 Å². The molecule has 0 bridgehead atoms. The first-order valence-corrected chi connectivity index (χ1v) is 3.75. The van der Waals surface area contributed by atoms with Crippen molar-refractivity contribution in [3.8, 4) is 0 Å². The van der Waals surface area contributed by atoms with Crippen molar-refractivity contribution < 1.29 is 53.8 Å². The summed E-state index contributed by atoms with van der Waals surface area (Å²) in [6, 6.07) is 0. The molecule has 0 aromatic rings. The Bertz CT molecular complexity index is 71.7. The van der Waals surface area contributed by atoms with Crippen LogP contribution >= 0.6 is 0 Å². The van der Waals surface area contributed by atoms with E-state index in [1.54, 1.807) is 0 Å². The molecule has 1 nitrogen and oxygen atoms in total. The molecular weight excluding hydrogens is 383 g/mol. The number of hydrogen-bond donors (Lipinski definition) is 1. The standard InChI is InChI=1S/C8H15N.W.Y/c1-2-3-8-4-6-9-7-5-8;;/h2,4,8-9H,3,5-7H2,1H3;;/q-2;;. The molecule has 0 aliphatic carbocycles. The summed E-state index contributed by atoms with van der Waals surface area (Å²) in [5.74, 6) is 0.858. The van der Waals surface area contributed by atoms with Gasteiger partial charge in [0.2, 0.25) is 0 Å². The van der Waals surface area contributed by atoms with Crippen LogP contribution < -0.4 is 5.32 Å². The summed E-state index contributed by atoms with van der Waals surface area (Å²) < 4.78 is 0. The molecule has 0 spiro atoms. The predicted octanol–water partition coefficient (Wildman–Crippen LogP) is 1.41. The summed E-state index contributed by atoms with van der Waals surface area (Å²) in [5.41, 5.74) is 0. The summed E-state index contributed by atoms with van der Waals surface area (Å²) in [7, 11) is 0. The third-order valence-corrected chi connectivity index (χ3v) is 1.83. The van der Waals surface area contributed by atoms with Gasteiger partial charge < -0.3 is 18.2 Å². The van der Waals surface area contributed by atoms with Crippen LogP contribution in [0.25, 0.3) is 0 Å². The molecule has 0 saturated carbocycles. The maximum Gasteiger partial charge on any atom is 0 e. The van der Waals surface area contributed by atoms with Crippen molar-refractivity contribution in [2.45, 2.75) is 19.8 Å². The molecular formula is C8H15NWY-2. The van der Waals surface area contributed by atoms with E-state index in [9.17, 15) is 0 Å². The van der Waals surface area contributed by atoms with Crippen molar-refractivity contribution in [2.24, 2.45) is 5.92 Å². The molecule has 0 aromatic carbocycles. The predicted molar refractivity (Wildman–Crippen MR) is 39.9 cm³/mol. The average molecular weight is 398 g/mol. The smallest absolute Gasteiger partial charge is 0 e. The van der Waals surface area contributed by atoms with Gasteiger partial charge in [-0.1, -0.05) is 6.42 Å². The summed E-state index contributed by atoms with van der Waals surface area (Å²) in [6.45, 7) is 4.45. The van der Waals surface area contributed by atoms with E-state index in [-0.39, 0.29) is 53.8 Å². The Hall–Kier alpha value is 1.75. The molecule has 1 saturated heterocycles. The molecule has 1 aliphatic rings. The molecule has 1 radical (unpaired) electrons. The fraction of sp³-hybridized carbons (Fsp3) is 0.750. The van der Waals surface area contributed by atoms with E-state index in [1.807, 2.05) is 0 Å². The molecule has 0 amide bonds. The van der Waals surface area contributed by atoms with Gasteiger partial charge in [-0.05, 0) is 6.54 Å². The van der Waals surface area contributed by atoms with Gasteiger partial charge in [0, 0.05) is 53.8 Å². The van der Waals surface area contributed by atoms with Crippen molar-refractivity contribution in [1.82, 2.24) is 5.32 Å². The van der Waals surface area contributed by atoms with Gasteiger partial charge in [0.1, 0.15) is 0 Å². The summed E-state index contributed by atoms with van der Waals surface area (Å²) in [5, 5.41) is 3.30. The van der Waals surface area contributed by atoms with Crippen LogP contribution in [-0.4, -0.2) is 13.1 Å². The van der Waals surface area contributed by atoms with Crippen molar-refractivity contribution >= 4 is 0 Å². The van der Waals surface area contributed by atoms with Gasteiger partial charge >= 0.3 is 0 Å². The summed E-state index contributed by atoms with van der Waals surface area (Å²) >= 11 is 0. The van der Waals surface area contributed by atoms with Gasteiger partial charge in [-0.2, -0.15) is 12.8 Å². The Balaban J connectivity index is 0. The minimum atomic E-state index is 0. The minimum absolute atomic E-state index is 0. The second kappa shape index (κ2) is 9.84. The average Bonchev–Trinajstić information content (AvgIpc) is 1.91. The first kappa shape index (κ1) is 15.2. The Kier molecular flexibility index (Phi) is 13.6. The van der Waals surface area contributed by atoms with Crippen LogP contribution in [0.1, 0.15) is 19.8 Å². The topological polar surface area (TPSA) is 12.0 Å². The second-order valence-electron chi connectivity index (χ2n) is 2.63. The Morgan fingerprint density at radius 1 is 1.64 bits per heavy atom. The zero-order valence-corrected chi connectivity index (χ0v) is 12.8. The third kappa shape index (κ3) is 6.87. The van der Waals surface area contributed by atoms with Crippen LogP contribution in [0.15, 0.2) is 0 Å². The monoisotopic (exact) mass is 398 g/mol. The zero-order chi connectivity index (χ0) is 6.53. The van der Waals surface area contributed by atoms with E-state index in [0.29, 0.717) is 0 Å². The Morgan fingerprint density at radius 2 is 2.36 bits per heavy atom. The van der Waals surface area contributed by atoms with Crippen LogP contribution in [0.5, 0.6) is 0 Å². The summed E-state index contributed by atoms with van der Waals surface area (Å²) in [4.78, 5) is 0. The van der Waals surface area contributed by atoms with Gasteiger partial charge in [-0.15, -0.1) is 6.54 Å². The van der Waals surface area contributed by atoms with E-state index in [2.05, 4.69) is 25.1 Å². The molecule has 3 heteroatoms. The van der Waals surface area contributed by atoms with Crippen molar-refractivity contribution in [1.29, 1.82) is 0 Å².